The number of allylic oxidation sites excluding steroid dienone is 1. The zero-order valence-corrected chi connectivity index (χ0v) is 7.74. The lowest BCUT2D eigenvalue weighted by Gasteiger charge is -2.03. The highest BCUT2D eigenvalue weighted by Gasteiger charge is 2.23. The molecule has 0 aliphatic carbocycles. The highest BCUT2D eigenvalue weighted by molar-refractivity contribution is 5.58. The number of benzene rings is 1. The van der Waals surface area contributed by atoms with Crippen molar-refractivity contribution < 1.29 is 26.7 Å². The quantitative estimate of drug-likeness (QED) is 0.341. The standard InChI is InChI=1S/C10H5F5O/c11-6-5(3-1-2-4-16)7(12)9(14)10(15)8(6)13/h1,3-4H,2H2/b3-1+. The second-order valence-corrected chi connectivity index (χ2v) is 2.79. The minimum Gasteiger partial charge on any atom is -0.303 e. The van der Waals surface area contributed by atoms with E-state index in [1.807, 2.05) is 0 Å². The molecule has 0 fully saturated rings. The normalized spacial score (nSPS) is 11.1. The Balaban J connectivity index is 3.34. The average Bonchev–Trinajstić information content (AvgIpc) is 2.28. The zero-order chi connectivity index (χ0) is 12.3. The Morgan fingerprint density at radius 3 is 1.69 bits per heavy atom. The van der Waals surface area contributed by atoms with E-state index in [2.05, 4.69) is 0 Å². The second-order valence-electron chi connectivity index (χ2n) is 2.79. The number of hydrogen-bond donors (Lipinski definition) is 0. The molecule has 0 spiro atoms. The molecule has 0 amide bonds. The van der Waals surface area contributed by atoms with E-state index >= 15 is 0 Å². The van der Waals surface area contributed by atoms with Gasteiger partial charge in [-0.25, -0.2) is 22.0 Å². The molecule has 0 aliphatic heterocycles. The summed E-state index contributed by atoms with van der Waals surface area (Å²) in [5, 5.41) is 0. The van der Waals surface area contributed by atoms with E-state index < -0.39 is 34.6 Å². The molecule has 0 atom stereocenters. The maximum atomic E-state index is 13.0. The topological polar surface area (TPSA) is 17.1 Å². The first-order chi connectivity index (χ1) is 7.50. The van der Waals surface area contributed by atoms with Crippen LogP contribution in [0.25, 0.3) is 6.08 Å². The molecule has 0 saturated heterocycles. The van der Waals surface area contributed by atoms with Gasteiger partial charge in [0.05, 0.1) is 5.56 Å². The minimum absolute atomic E-state index is 0.181. The van der Waals surface area contributed by atoms with Crippen molar-refractivity contribution in [3.05, 3.63) is 40.7 Å². The van der Waals surface area contributed by atoms with Crippen LogP contribution in [0.1, 0.15) is 12.0 Å². The van der Waals surface area contributed by atoms with Crippen molar-refractivity contribution >= 4 is 12.4 Å². The van der Waals surface area contributed by atoms with E-state index in [0.29, 0.717) is 12.4 Å². The molecule has 0 radical (unpaired) electrons. The van der Waals surface area contributed by atoms with Gasteiger partial charge in [-0.3, -0.25) is 0 Å². The van der Waals surface area contributed by atoms with E-state index in [4.69, 9.17) is 0 Å². The van der Waals surface area contributed by atoms with Gasteiger partial charge < -0.3 is 4.79 Å². The van der Waals surface area contributed by atoms with Gasteiger partial charge in [-0.05, 0) is 0 Å². The smallest absolute Gasteiger partial charge is 0.200 e. The van der Waals surface area contributed by atoms with Gasteiger partial charge in [-0.15, -0.1) is 0 Å². The van der Waals surface area contributed by atoms with E-state index in [-0.39, 0.29) is 6.42 Å². The van der Waals surface area contributed by atoms with Crippen molar-refractivity contribution in [1.29, 1.82) is 0 Å². The third-order valence-corrected chi connectivity index (χ3v) is 1.76. The van der Waals surface area contributed by atoms with Crippen LogP contribution >= 0.6 is 0 Å². The summed E-state index contributed by atoms with van der Waals surface area (Å²) in [5.41, 5.74) is -1.06. The molecule has 0 unspecified atom stereocenters. The zero-order valence-electron chi connectivity index (χ0n) is 7.74. The van der Waals surface area contributed by atoms with Gasteiger partial charge in [0.1, 0.15) is 6.29 Å². The number of carbonyl (C=O) groups is 1. The van der Waals surface area contributed by atoms with Crippen molar-refractivity contribution in [2.24, 2.45) is 0 Å². The maximum Gasteiger partial charge on any atom is 0.200 e. The van der Waals surface area contributed by atoms with Crippen LogP contribution in [-0.4, -0.2) is 6.29 Å². The molecule has 0 N–H and O–H groups in total. The highest BCUT2D eigenvalue weighted by Crippen LogP contribution is 2.23. The lowest BCUT2D eigenvalue weighted by molar-refractivity contribution is -0.107. The van der Waals surface area contributed by atoms with Crippen molar-refractivity contribution in [3.8, 4) is 0 Å². The summed E-state index contributed by atoms with van der Waals surface area (Å²) in [6.45, 7) is 0. The molecule has 1 aromatic rings. The molecule has 0 bridgehead atoms. The molecule has 1 rings (SSSR count). The van der Waals surface area contributed by atoms with Crippen LogP contribution in [0.15, 0.2) is 6.08 Å². The number of carbonyl (C=O) groups excluding carboxylic acids is 1. The average molecular weight is 236 g/mol. The van der Waals surface area contributed by atoms with E-state index in [9.17, 15) is 26.7 Å². The van der Waals surface area contributed by atoms with Crippen LogP contribution in [0.5, 0.6) is 0 Å². The van der Waals surface area contributed by atoms with Crippen LogP contribution in [0, 0.1) is 29.1 Å². The predicted octanol–water partition coefficient (Wildman–Crippen LogP) is 2.98. The maximum absolute atomic E-state index is 13.0. The molecule has 1 aromatic carbocycles. The molecular formula is C10H5F5O. The Labute approximate surface area is 87.2 Å². The Morgan fingerprint density at radius 2 is 1.25 bits per heavy atom. The van der Waals surface area contributed by atoms with Crippen LogP contribution in [0.3, 0.4) is 0 Å². The van der Waals surface area contributed by atoms with Crippen molar-refractivity contribution in [2.75, 3.05) is 0 Å². The third-order valence-electron chi connectivity index (χ3n) is 1.76. The summed E-state index contributed by atoms with van der Waals surface area (Å²) in [7, 11) is 0. The molecule has 6 heteroatoms. The Morgan fingerprint density at radius 1 is 0.812 bits per heavy atom. The van der Waals surface area contributed by atoms with Crippen molar-refractivity contribution in [3.63, 3.8) is 0 Å². The molecule has 0 saturated carbocycles. The van der Waals surface area contributed by atoms with Crippen molar-refractivity contribution in [1.82, 2.24) is 0 Å². The van der Waals surface area contributed by atoms with Gasteiger partial charge in [0.2, 0.25) is 5.82 Å². The summed E-state index contributed by atoms with van der Waals surface area (Å²) in [6, 6.07) is 0. The summed E-state index contributed by atoms with van der Waals surface area (Å²) in [5.74, 6) is -10.1. The lowest BCUT2D eigenvalue weighted by Crippen LogP contribution is -2.03. The number of aldehydes is 1. The first-order valence-electron chi connectivity index (χ1n) is 4.12. The number of halogens is 5. The first-order valence-corrected chi connectivity index (χ1v) is 4.12. The van der Waals surface area contributed by atoms with Crippen LogP contribution in [0.4, 0.5) is 22.0 Å². The highest BCUT2D eigenvalue weighted by atomic mass is 19.2. The fraction of sp³-hybridized carbons (Fsp3) is 0.100. The van der Waals surface area contributed by atoms with Gasteiger partial charge >= 0.3 is 0 Å². The van der Waals surface area contributed by atoms with Gasteiger partial charge in [0, 0.05) is 6.42 Å². The van der Waals surface area contributed by atoms with Crippen LogP contribution in [0.2, 0.25) is 0 Å². The number of hydrogen-bond acceptors (Lipinski definition) is 1. The van der Waals surface area contributed by atoms with Crippen LogP contribution < -0.4 is 0 Å². The largest absolute Gasteiger partial charge is 0.303 e. The molecule has 0 aliphatic rings. The fourth-order valence-corrected chi connectivity index (χ4v) is 1.01. The summed E-state index contributed by atoms with van der Waals surface area (Å²) in [6.07, 6.45) is 1.90. The van der Waals surface area contributed by atoms with Crippen molar-refractivity contribution in [2.45, 2.75) is 6.42 Å². The fourth-order valence-electron chi connectivity index (χ4n) is 1.01. The number of rotatable bonds is 3. The van der Waals surface area contributed by atoms with E-state index in [1.165, 1.54) is 0 Å². The molecule has 16 heavy (non-hydrogen) atoms. The minimum atomic E-state index is -2.21. The van der Waals surface area contributed by atoms with Gasteiger partial charge in [0.15, 0.2) is 23.3 Å². The summed E-state index contributed by atoms with van der Waals surface area (Å²) >= 11 is 0. The lowest BCUT2D eigenvalue weighted by atomic mass is 10.1. The molecular weight excluding hydrogens is 231 g/mol. The van der Waals surface area contributed by atoms with Gasteiger partial charge in [-0.1, -0.05) is 12.2 Å². The third kappa shape index (κ3) is 2.10. The predicted molar refractivity (Wildman–Crippen MR) is 45.9 cm³/mol. The molecule has 0 heterocycles. The summed E-state index contributed by atoms with van der Waals surface area (Å²) in [4.78, 5) is 9.91. The molecule has 0 aromatic heterocycles. The Bertz CT molecular complexity index is 424. The van der Waals surface area contributed by atoms with Crippen LogP contribution in [-0.2, 0) is 4.79 Å². The van der Waals surface area contributed by atoms with Gasteiger partial charge in [0.25, 0.3) is 0 Å². The SMILES string of the molecule is O=CC/C=C/c1c(F)c(F)c(F)c(F)c1F. The van der Waals surface area contributed by atoms with E-state index in [1.54, 1.807) is 0 Å². The molecule has 1 nitrogen and oxygen atoms in total. The molecule has 86 valence electrons. The Hall–Kier alpha value is -1.72. The summed E-state index contributed by atoms with van der Waals surface area (Å²) < 4.78 is 63.8. The monoisotopic (exact) mass is 236 g/mol. The van der Waals surface area contributed by atoms with Gasteiger partial charge in [-0.2, -0.15) is 0 Å². The first kappa shape index (κ1) is 12.4. The second kappa shape index (κ2) is 4.87. The Kier molecular flexibility index (Phi) is 3.76. The van der Waals surface area contributed by atoms with E-state index in [0.717, 1.165) is 6.08 Å².